The Morgan fingerprint density at radius 2 is 1.49 bits per heavy atom. The molecule has 32 heteroatoms. The van der Waals surface area contributed by atoms with Crippen molar-refractivity contribution >= 4 is 49.0 Å². The summed E-state index contributed by atoms with van der Waals surface area (Å²) in [5, 5.41) is 3.43. The lowest BCUT2D eigenvalue weighted by Gasteiger charge is -2.29. The Morgan fingerprint density at radius 3 is 2.18 bits per heavy atom. The Labute approximate surface area is 421 Å². The highest BCUT2D eigenvalue weighted by Crippen LogP contribution is 2.65. The van der Waals surface area contributed by atoms with Gasteiger partial charge in [0, 0.05) is 36.1 Å². The number of fused-ring (bicyclic) bond motifs is 3. The van der Waals surface area contributed by atoms with E-state index in [4.69, 9.17) is 62.5 Å². The van der Waals surface area contributed by atoms with Gasteiger partial charge in [-0.1, -0.05) is 17.2 Å². The van der Waals surface area contributed by atoms with Crippen LogP contribution in [0.4, 0.5) is 14.6 Å². The number of anilines is 1. The number of halogens is 2. The minimum Gasteiger partial charge on any atom is -0.491 e. The first kappa shape index (κ1) is 54.6. The highest BCUT2D eigenvalue weighted by atomic mass is 32.7. The Kier molecular flexibility index (Phi) is 18.6. The van der Waals surface area contributed by atoms with Crippen molar-refractivity contribution < 1.29 is 78.9 Å². The number of carbonyl (C=O) groups is 1. The van der Waals surface area contributed by atoms with Crippen LogP contribution in [0.25, 0.3) is 21.6 Å². The van der Waals surface area contributed by atoms with Crippen LogP contribution in [0, 0.1) is 0 Å². The van der Waals surface area contributed by atoms with Gasteiger partial charge in [-0.2, -0.15) is 0 Å². The van der Waals surface area contributed by atoms with E-state index >= 15 is 8.78 Å². The lowest BCUT2D eigenvalue weighted by Crippen LogP contribution is -2.38. The number of nitrogens with two attached hydrogens (primary N) is 1. The molecule has 27 nitrogen and oxygen atoms in total. The zero-order chi connectivity index (χ0) is 52.2. The van der Waals surface area contributed by atoms with Gasteiger partial charge in [0.05, 0.1) is 58.1 Å². The van der Waals surface area contributed by atoms with Crippen LogP contribution in [0.3, 0.4) is 0 Å². The minimum atomic E-state index is -5.26. The zero-order valence-corrected chi connectivity index (χ0v) is 41.3. The van der Waals surface area contributed by atoms with Crippen molar-refractivity contribution in [3.63, 3.8) is 0 Å². The zero-order valence-electron chi connectivity index (χ0n) is 38.7. The average Bonchev–Trinajstić information content (AvgIpc) is 4.04. The van der Waals surface area contributed by atoms with E-state index in [2.05, 4.69) is 25.0 Å². The van der Waals surface area contributed by atoms with Crippen molar-refractivity contribution in [1.29, 1.82) is 0 Å². The van der Waals surface area contributed by atoms with Crippen LogP contribution >= 0.6 is 26.0 Å². The SMILES string of the molecule is [N-]=[N+]=NCCCOCCOCCOCCOc1ccc(C(=O)Oc2ccc(CSP3(=O)OC[C@H]4O[C@@H](n5cnc6c(N)ncnc65)[C@H](F)[C@@H]4OP(=O)(O)OC[C@H]4O[C@@H](n5ccc(=O)[nH]c5=O)[C@H](F)[C@@H]4O3)cc2)cc1. The summed E-state index contributed by atoms with van der Waals surface area (Å²) in [7, 11) is -5.26. The van der Waals surface area contributed by atoms with Crippen LogP contribution in [-0.2, 0) is 56.7 Å². The number of nitrogens with one attached hydrogen (secondary N) is 1. The second-order valence-electron chi connectivity index (χ2n) is 16.1. The number of hydrogen-bond acceptors (Lipinski definition) is 22. The molecule has 0 bridgehead atoms. The van der Waals surface area contributed by atoms with Crippen LogP contribution in [0.5, 0.6) is 11.5 Å². The van der Waals surface area contributed by atoms with Crippen LogP contribution in [0.2, 0.25) is 0 Å². The van der Waals surface area contributed by atoms with Crippen LogP contribution < -0.4 is 26.5 Å². The molecule has 0 aliphatic carbocycles. The fourth-order valence-corrected chi connectivity index (χ4v) is 11.8. The van der Waals surface area contributed by atoms with Gasteiger partial charge >= 0.3 is 26.3 Å². The number of alkyl halides is 2. The number of azide groups is 1. The Bertz CT molecular complexity index is 2980. The maximum absolute atomic E-state index is 16.5. The predicted octanol–water partition coefficient (Wildman–Crippen LogP) is 4.74. The number of carbonyl (C=O) groups excluding carboxylic acids is 1. The summed E-state index contributed by atoms with van der Waals surface area (Å²) in [5.74, 6) is -0.203. The number of phosphoric ester groups is 1. The van der Waals surface area contributed by atoms with Gasteiger partial charge in [0.2, 0.25) is 0 Å². The Morgan fingerprint density at radius 1 is 0.851 bits per heavy atom. The lowest BCUT2D eigenvalue weighted by atomic mass is 10.1. The highest BCUT2D eigenvalue weighted by molar-refractivity contribution is 8.54. The first-order chi connectivity index (χ1) is 35.7. The highest BCUT2D eigenvalue weighted by Gasteiger charge is 2.55. The first-order valence-corrected chi connectivity index (χ1v) is 27.2. The van der Waals surface area contributed by atoms with Crippen molar-refractivity contribution in [2.45, 2.75) is 61.4 Å². The summed E-state index contributed by atoms with van der Waals surface area (Å²) < 4.78 is 125. The molecule has 0 saturated carbocycles. The van der Waals surface area contributed by atoms with E-state index in [1.807, 2.05) is 4.98 Å². The molecule has 0 amide bonds. The van der Waals surface area contributed by atoms with Crippen LogP contribution in [-0.4, -0.2) is 143 Å². The molecule has 3 aromatic heterocycles. The van der Waals surface area contributed by atoms with Crippen molar-refractivity contribution in [2.24, 2.45) is 5.11 Å². The molecule has 0 spiro atoms. The maximum atomic E-state index is 16.5. The minimum absolute atomic E-state index is 0.0256. The molecule has 2 aromatic carbocycles. The molecule has 0 radical (unpaired) electrons. The summed E-state index contributed by atoms with van der Waals surface area (Å²) in [5.41, 5.74) is 13.1. The van der Waals surface area contributed by atoms with Gasteiger partial charge in [0.1, 0.15) is 54.4 Å². The number of nitrogen functional groups attached to an aromatic ring is 1. The molecule has 3 aliphatic heterocycles. The Hall–Kier alpha value is -5.68. The van der Waals surface area contributed by atoms with Crippen molar-refractivity contribution in [3.05, 3.63) is 116 Å². The average molecular weight is 1100 g/mol. The summed E-state index contributed by atoms with van der Waals surface area (Å²) in [6.45, 7) is -3.54. The molecule has 10 atom stereocenters. The molecule has 4 N–H and O–H groups in total. The topological polar surface area (TPSA) is 346 Å². The third kappa shape index (κ3) is 14.0. The van der Waals surface area contributed by atoms with E-state index in [1.165, 1.54) is 24.3 Å². The summed E-state index contributed by atoms with van der Waals surface area (Å²) in [6, 6.07) is 13.2. The maximum Gasteiger partial charge on any atom is 0.472 e. The number of aromatic amines is 1. The number of phosphoric acid groups is 1. The third-order valence-electron chi connectivity index (χ3n) is 11.1. The summed E-state index contributed by atoms with van der Waals surface area (Å²) in [4.78, 5) is 65.1. The van der Waals surface area contributed by atoms with Crippen molar-refractivity contribution in [1.82, 2.24) is 29.1 Å². The standard InChI is InChI=1S/C42H48F2N10O17P2S/c43-32-35-30(69-40(32)54-24-49-34-37(45)47-23-48-38(34)54)21-66-73(60,71-36-29(20-65-72(58,59)70-35)68-39(33(36)44)53-12-10-31(55)51-42(53)57)74-22-25-2-6-28(7-3-25)67-41(56)26-4-8-27(9-5-26)64-19-18-63-17-16-62-15-14-61-13-1-11-50-52-46/h2-10,12,23-24,29-30,32-33,35-36,39-40H,1,11,13-22H2,(H,58,59)(H2,45,47,48)(H,51,55,57)/t29-,30-,32-,33-,35-,36-,39-,40-,73?/m1/s1. The van der Waals surface area contributed by atoms with Gasteiger partial charge in [-0.15, -0.1) is 0 Å². The van der Waals surface area contributed by atoms with Gasteiger partial charge < -0.3 is 43.8 Å². The van der Waals surface area contributed by atoms with Gasteiger partial charge in [0.15, 0.2) is 36.3 Å². The second kappa shape index (κ2) is 25.2. The van der Waals surface area contributed by atoms with Crippen molar-refractivity contribution in [2.75, 3.05) is 71.7 Å². The second-order valence-corrected chi connectivity index (χ2v) is 21.5. The Balaban J connectivity index is 0.888. The molecule has 3 saturated heterocycles. The number of hydrogen-bond donors (Lipinski definition) is 3. The number of rotatable bonds is 21. The molecule has 74 heavy (non-hydrogen) atoms. The molecule has 398 valence electrons. The van der Waals surface area contributed by atoms with Gasteiger partial charge in [0.25, 0.3) is 5.56 Å². The molecule has 5 aromatic rings. The molecule has 3 aliphatic rings. The summed E-state index contributed by atoms with van der Waals surface area (Å²) in [6.07, 6.45) is -11.3. The molecule has 2 unspecified atom stereocenters. The number of aromatic nitrogens is 6. The fourth-order valence-electron chi connectivity index (χ4n) is 7.51. The third-order valence-corrected chi connectivity index (χ3v) is 15.7. The van der Waals surface area contributed by atoms with Gasteiger partial charge in [-0.3, -0.25) is 37.0 Å². The van der Waals surface area contributed by atoms with E-state index in [-0.39, 0.29) is 40.7 Å². The van der Waals surface area contributed by atoms with Crippen LogP contribution in [0.1, 0.15) is 34.8 Å². The number of H-pyrrole nitrogens is 1. The van der Waals surface area contributed by atoms with Crippen LogP contribution in [0.15, 0.2) is 88.2 Å². The van der Waals surface area contributed by atoms with E-state index in [1.54, 1.807) is 24.3 Å². The lowest BCUT2D eigenvalue weighted by molar-refractivity contribution is -0.0619. The predicted molar refractivity (Wildman–Crippen MR) is 253 cm³/mol. The first-order valence-electron chi connectivity index (χ1n) is 22.6. The molecule has 3 fully saturated rings. The van der Waals surface area contributed by atoms with E-state index in [0.717, 1.165) is 29.5 Å². The number of benzene rings is 2. The van der Waals surface area contributed by atoms with E-state index in [9.17, 15) is 28.4 Å². The largest absolute Gasteiger partial charge is 0.491 e. The smallest absolute Gasteiger partial charge is 0.472 e. The molecular formula is C42H48F2N10O17P2S. The van der Waals surface area contributed by atoms with Gasteiger partial charge in [-0.25, -0.2) is 42.5 Å². The summed E-state index contributed by atoms with van der Waals surface area (Å²) >= 11 is 0.572. The number of esters is 1. The molecule has 8 rings (SSSR count). The van der Waals surface area contributed by atoms with Gasteiger partial charge in [-0.05, 0) is 65.3 Å². The number of imidazole rings is 1. The number of nitrogens with zero attached hydrogens (tertiary/aromatic N) is 8. The quantitative estimate of drug-likeness (QED) is 0.0170. The van der Waals surface area contributed by atoms with Crippen molar-refractivity contribution in [3.8, 4) is 11.5 Å². The molecule has 6 heterocycles. The fraction of sp³-hybridized carbons (Fsp3) is 0.476. The monoisotopic (exact) mass is 1100 g/mol. The molecular weight excluding hydrogens is 1050 g/mol. The van der Waals surface area contributed by atoms with E-state index in [0.29, 0.717) is 79.9 Å². The number of ether oxygens (including phenoxy) is 7. The normalized spacial score (nSPS) is 27.1. The van der Waals surface area contributed by atoms with E-state index < -0.39 is 94.3 Å².